The van der Waals surface area contributed by atoms with Crippen LogP contribution in [0.5, 0.6) is 0 Å². The molecule has 0 aromatic rings. The maximum atomic E-state index is 12.0. The summed E-state index contributed by atoms with van der Waals surface area (Å²) in [6.07, 6.45) is 0.960. The molecule has 0 spiro atoms. The van der Waals surface area contributed by atoms with Crippen molar-refractivity contribution in [2.75, 3.05) is 6.61 Å². The van der Waals surface area contributed by atoms with Crippen LogP contribution in [0, 0.1) is 5.92 Å². The first kappa shape index (κ1) is 12.6. The Bertz CT molecular complexity index is 449. The standard InChI is InChI=1S/C12H16N2O5/c15-4-7-8(16)9(17)10(19-7)6-3-5-1-2-13-11(5)14-12(6)18/h1-3,6-11,13,15-17H,4H2,(H,14,18). The molecule has 5 N–H and O–H groups in total. The first-order valence-electron chi connectivity index (χ1n) is 6.19. The molecule has 104 valence electrons. The van der Waals surface area contributed by atoms with Crippen LogP contribution in [0.25, 0.3) is 0 Å². The van der Waals surface area contributed by atoms with E-state index < -0.39 is 36.9 Å². The fourth-order valence-corrected chi connectivity index (χ4v) is 2.70. The fourth-order valence-electron chi connectivity index (χ4n) is 2.70. The Morgan fingerprint density at radius 1 is 1.32 bits per heavy atom. The van der Waals surface area contributed by atoms with E-state index in [2.05, 4.69) is 10.6 Å². The summed E-state index contributed by atoms with van der Waals surface area (Å²) in [5.74, 6) is -0.961. The van der Waals surface area contributed by atoms with Gasteiger partial charge < -0.3 is 30.7 Å². The molecule has 1 fully saturated rings. The second-order valence-corrected chi connectivity index (χ2v) is 4.94. The van der Waals surface area contributed by atoms with E-state index >= 15 is 0 Å². The smallest absolute Gasteiger partial charge is 0.231 e. The lowest BCUT2D eigenvalue weighted by molar-refractivity contribution is -0.131. The highest BCUT2D eigenvalue weighted by atomic mass is 16.6. The number of nitrogens with one attached hydrogen (secondary N) is 2. The van der Waals surface area contributed by atoms with Crippen molar-refractivity contribution in [3.63, 3.8) is 0 Å². The van der Waals surface area contributed by atoms with E-state index in [0.717, 1.165) is 5.57 Å². The lowest BCUT2D eigenvalue weighted by Crippen LogP contribution is -2.52. The molecule has 0 saturated carbocycles. The van der Waals surface area contributed by atoms with Crippen molar-refractivity contribution in [1.29, 1.82) is 0 Å². The minimum absolute atomic E-state index is 0.235. The molecule has 3 aliphatic heterocycles. The van der Waals surface area contributed by atoms with Crippen LogP contribution in [-0.4, -0.2) is 58.4 Å². The normalized spacial score (nSPS) is 44.6. The maximum Gasteiger partial charge on any atom is 0.231 e. The summed E-state index contributed by atoms with van der Waals surface area (Å²) in [6.45, 7) is -0.399. The van der Waals surface area contributed by atoms with Crippen molar-refractivity contribution in [3.8, 4) is 0 Å². The number of rotatable bonds is 2. The minimum Gasteiger partial charge on any atom is -0.394 e. The third kappa shape index (κ3) is 1.95. The fraction of sp³-hybridized carbons (Fsp3) is 0.583. The summed E-state index contributed by atoms with van der Waals surface area (Å²) in [7, 11) is 0. The van der Waals surface area contributed by atoms with Gasteiger partial charge in [-0.3, -0.25) is 4.79 Å². The number of carbonyl (C=O) groups is 1. The van der Waals surface area contributed by atoms with Gasteiger partial charge in [-0.1, -0.05) is 6.08 Å². The zero-order valence-electron chi connectivity index (χ0n) is 10.1. The summed E-state index contributed by atoms with van der Waals surface area (Å²) in [4.78, 5) is 12.0. The van der Waals surface area contributed by atoms with Gasteiger partial charge in [0, 0.05) is 0 Å². The summed E-state index contributed by atoms with van der Waals surface area (Å²) >= 11 is 0. The average molecular weight is 268 g/mol. The molecule has 3 heterocycles. The van der Waals surface area contributed by atoms with Crippen LogP contribution in [0.4, 0.5) is 0 Å². The van der Waals surface area contributed by atoms with Gasteiger partial charge in [0.15, 0.2) is 0 Å². The molecule has 0 aromatic heterocycles. The molecule has 0 aromatic carbocycles. The predicted octanol–water partition coefficient (Wildman–Crippen LogP) is -2.42. The zero-order valence-corrected chi connectivity index (χ0v) is 10.1. The van der Waals surface area contributed by atoms with Crippen LogP contribution < -0.4 is 10.6 Å². The largest absolute Gasteiger partial charge is 0.394 e. The van der Waals surface area contributed by atoms with Gasteiger partial charge in [-0.05, 0) is 17.8 Å². The van der Waals surface area contributed by atoms with E-state index in [-0.39, 0.29) is 12.1 Å². The third-order valence-electron chi connectivity index (χ3n) is 3.77. The van der Waals surface area contributed by atoms with Gasteiger partial charge in [0.2, 0.25) is 5.91 Å². The molecule has 6 atom stereocenters. The highest BCUT2D eigenvalue weighted by Crippen LogP contribution is 2.31. The number of aliphatic hydroxyl groups is 3. The van der Waals surface area contributed by atoms with Gasteiger partial charge >= 0.3 is 0 Å². The first-order chi connectivity index (χ1) is 9.11. The second kappa shape index (κ2) is 4.61. The molecule has 3 rings (SSSR count). The van der Waals surface area contributed by atoms with Crippen LogP contribution in [-0.2, 0) is 9.53 Å². The van der Waals surface area contributed by atoms with Gasteiger partial charge in [0.1, 0.15) is 30.6 Å². The molecule has 6 unspecified atom stereocenters. The Labute approximate surface area is 109 Å². The topological polar surface area (TPSA) is 111 Å². The van der Waals surface area contributed by atoms with Crippen LogP contribution in [0.2, 0.25) is 0 Å². The van der Waals surface area contributed by atoms with E-state index in [0.29, 0.717) is 0 Å². The molecule has 1 amide bonds. The van der Waals surface area contributed by atoms with Crippen molar-refractivity contribution in [2.45, 2.75) is 30.6 Å². The van der Waals surface area contributed by atoms with E-state index in [1.165, 1.54) is 0 Å². The summed E-state index contributed by atoms with van der Waals surface area (Å²) in [6, 6.07) is 0. The van der Waals surface area contributed by atoms with Crippen LogP contribution >= 0.6 is 0 Å². The second-order valence-electron chi connectivity index (χ2n) is 4.94. The Balaban J connectivity index is 1.84. The molecule has 0 bridgehead atoms. The molecule has 0 aliphatic carbocycles. The molecule has 7 heteroatoms. The quantitative estimate of drug-likeness (QED) is 0.381. The minimum atomic E-state index is -1.19. The third-order valence-corrected chi connectivity index (χ3v) is 3.77. The molecule has 7 nitrogen and oxygen atoms in total. The van der Waals surface area contributed by atoms with Crippen molar-refractivity contribution >= 4 is 5.91 Å². The number of hydrogen-bond acceptors (Lipinski definition) is 6. The summed E-state index contributed by atoms with van der Waals surface area (Å²) in [5.41, 5.74) is 0.891. The van der Waals surface area contributed by atoms with Crippen LogP contribution in [0.3, 0.4) is 0 Å². The van der Waals surface area contributed by atoms with E-state index in [4.69, 9.17) is 9.84 Å². The van der Waals surface area contributed by atoms with Crippen LogP contribution in [0.15, 0.2) is 23.9 Å². The Kier molecular flexibility index (Phi) is 3.06. The summed E-state index contributed by atoms with van der Waals surface area (Å²) < 4.78 is 5.39. The van der Waals surface area contributed by atoms with Gasteiger partial charge in [-0.2, -0.15) is 0 Å². The van der Waals surface area contributed by atoms with Crippen molar-refractivity contribution in [3.05, 3.63) is 23.9 Å². The van der Waals surface area contributed by atoms with Gasteiger partial charge in [-0.15, -0.1) is 0 Å². The number of aliphatic hydroxyl groups excluding tert-OH is 3. The molecular formula is C12H16N2O5. The molecule has 0 radical (unpaired) electrons. The van der Waals surface area contributed by atoms with Crippen molar-refractivity contribution in [1.82, 2.24) is 10.6 Å². The number of hydrogen-bond donors (Lipinski definition) is 5. The van der Waals surface area contributed by atoms with Gasteiger partial charge in [-0.25, -0.2) is 0 Å². The number of fused-ring (bicyclic) bond motifs is 1. The van der Waals surface area contributed by atoms with E-state index in [1.54, 1.807) is 12.3 Å². The van der Waals surface area contributed by atoms with Crippen molar-refractivity contribution < 1.29 is 24.9 Å². The summed E-state index contributed by atoms with van der Waals surface area (Å²) in [5, 5.41) is 34.4. The number of amides is 1. The van der Waals surface area contributed by atoms with Crippen molar-refractivity contribution in [2.24, 2.45) is 5.92 Å². The highest BCUT2D eigenvalue weighted by Gasteiger charge is 2.48. The average Bonchev–Trinajstić information content (AvgIpc) is 2.95. The highest BCUT2D eigenvalue weighted by molar-refractivity contribution is 5.84. The molecule has 19 heavy (non-hydrogen) atoms. The zero-order chi connectivity index (χ0) is 13.6. The maximum absolute atomic E-state index is 12.0. The SMILES string of the molecule is O=C1NC2NC=CC2=CC1C1OC(CO)C(O)C1O. The Morgan fingerprint density at radius 2 is 2.11 bits per heavy atom. The monoisotopic (exact) mass is 268 g/mol. The molecule has 3 aliphatic rings. The number of carbonyl (C=O) groups excluding carboxylic acids is 1. The van der Waals surface area contributed by atoms with E-state index in [9.17, 15) is 15.0 Å². The molecular weight excluding hydrogens is 252 g/mol. The van der Waals surface area contributed by atoms with Gasteiger partial charge in [0.25, 0.3) is 0 Å². The van der Waals surface area contributed by atoms with E-state index in [1.807, 2.05) is 6.08 Å². The Morgan fingerprint density at radius 3 is 2.79 bits per heavy atom. The Hall–Kier alpha value is -1.41. The van der Waals surface area contributed by atoms with Crippen LogP contribution in [0.1, 0.15) is 0 Å². The molecule has 1 saturated heterocycles. The first-order valence-corrected chi connectivity index (χ1v) is 6.19. The predicted molar refractivity (Wildman–Crippen MR) is 63.5 cm³/mol. The number of ether oxygens (including phenoxy) is 1. The lowest BCUT2D eigenvalue weighted by Gasteiger charge is -2.29. The lowest BCUT2D eigenvalue weighted by atomic mass is 9.90. The van der Waals surface area contributed by atoms with Gasteiger partial charge in [0.05, 0.1) is 12.5 Å².